The third kappa shape index (κ3) is 5.58. The van der Waals surface area contributed by atoms with Crippen LogP contribution in [0.25, 0.3) is 10.6 Å². The Morgan fingerprint density at radius 3 is 2.52 bits per heavy atom. The van der Waals surface area contributed by atoms with Crippen molar-refractivity contribution in [3.05, 3.63) is 58.6 Å². The van der Waals surface area contributed by atoms with Gasteiger partial charge in [-0.3, -0.25) is 4.79 Å². The van der Waals surface area contributed by atoms with Crippen molar-refractivity contribution in [3.63, 3.8) is 0 Å². The van der Waals surface area contributed by atoms with E-state index in [4.69, 9.17) is 11.2 Å². The Bertz CT molecular complexity index is 1120. The highest BCUT2D eigenvalue weighted by Crippen LogP contribution is 2.30. The van der Waals surface area contributed by atoms with Gasteiger partial charge in [0.1, 0.15) is 17.4 Å². The number of amides is 1. The summed E-state index contributed by atoms with van der Waals surface area (Å²) in [5.41, 5.74) is 1.30. The Balaban J connectivity index is 1.83. The normalized spacial score (nSPS) is 12.1. The molecule has 1 aromatic carbocycles. The van der Waals surface area contributed by atoms with Crippen molar-refractivity contribution >= 4 is 17.2 Å². The summed E-state index contributed by atoms with van der Waals surface area (Å²) in [6.07, 6.45) is 4.42. The number of nitrogens with zero attached hydrogens (tertiary/aromatic N) is 3. The SMILES string of the molecule is C#CCOc1cc(C(=O)N[C@H](C)c2cnc(C(F)(F)F)nc2)cc(-c2ncc(C)s2)c1. The number of thiazole rings is 1. The number of carbonyl (C=O) groups is 1. The van der Waals surface area contributed by atoms with Gasteiger partial charge in [0.15, 0.2) is 0 Å². The fourth-order valence-corrected chi connectivity index (χ4v) is 3.37. The zero-order valence-corrected chi connectivity index (χ0v) is 17.3. The van der Waals surface area contributed by atoms with Gasteiger partial charge in [-0.05, 0) is 32.0 Å². The number of aryl methyl sites for hydroxylation is 1. The van der Waals surface area contributed by atoms with E-state index in [1.54, 1.807) is 25.3 Å². The number of rotatable bonds is 6. The van der Waals surface area contributed by atoms with E-state index >= 15 is 0 Å². The molecule has 0 fully saturated rings. The predicted molar refractivity (Wildman–Crippen MR) is 110 cm³/mol. The number of aromatic nitrogens is 3. The number of ether oxygens (including phenoxy) is 1. The number of halogens is 3. The van der Waals surface area contributed by atoms with Crippen molar-refractivity contribution in [2.24, 2.45) is 0 Å². The second-order valence-electron chi connectivity index (χ2n) is 6.55. The van der Waals surface area contributed by atoms with E-state index in [0.29, 0.717) is 21.9 Å². The molecule has 0 saturated heterocycles. The summed E-state index contributed by atoms with van der Waals surface area (Å²) in [7, 11) is 0. The van der Waals surface area contributed by atoms with Crippen LogP contribution in [0.3, 0.4) is 0 Å². The van der Waals surface area contributed by atoms with Gasteiger partial charge in [-0.1, -0.05) is 5.92 Å². The van der Waals surface area contributed by atoms with Crippen LogP contribution in [0.5, 0.6) is 5.75 Å². The first-order valence-corrected chi connectivity index (χ1v) is 9.83. The van der Waals surface area contributed by atoms with Gasteiger partial charge in [0, 0.05) is 40.2 Å². The summed E-state index contributed by atoms with van der Waals surface area (Å²) in [4.78, 5) is 24.8. The van der Waals surface area contributed by atoms with Gasteiger partial charge in [0.2, 0.25) is 5.82 Å². The van der Waals surface area contributed by atoms with Gasteiger partial charge in [0.25, 0.3) is 5.91 Å². The van der Waals surface area contributed by atoms with Crippen LogP contribution in [0.4, 0.5) is 13.2 Å². The monoisotopic (exact) mass is 446 g/mol. The molecule has 160 valence electrons. The third-order valence-electron chi connectivity index (χ3n) is 4.13. The molecule has 31 heavy (non-hydrogen) atoms. The molecule has 0 radical (unpaired) electrons. The topological polar surface area (TPSA) is 77.0 Å². The molecule has 2 heterocycles. The van der Waals surface area contributed by atoms with E-state index in [0.717, 1.165) is 17.3 Å². The van der Waals surface area contributed by atoms with E-state index in [1.807, 2.05) is 6.92 Å². The first-order valence-electron chi connectivity index (χ1n) is 9.01. The second kappa shape index (κ2) is 9.14. The Morgan fingerprint density at radius 1 is 1.23 bits per heavy atom. The van der Waals surface area contributed by atoms with Gasteiger partial charge in [-0.15, -0.1) is 17.8 Å². The highest BCUT2D eigenvalue weighted by atomic mass is 32.1. The lowest BCUT2D eigenvalue weighted by Crippen LogP contribution is -2.27. The van der Waals surface area contributed by atoms with Crippen LogP contribution >= 0.6 is 11.3 Å². The molecule has 3 rings (SSSR count). The molecule has 1 amide bonds. The van der Waals surface area contributed by atoms with Crippen LogP contribution in [0.1, 0.15) is 39.6 Å². The molecule has 6 nitrogen and oxygen atoms in total. The number of benzene rings is 1. The van der Waals surface area contributed by atoms with E-state index in [1.165, 1.54) is 17.4 Å². The van der Waals surface area contributed by atoms with Crippen LogP contribution in [0, 0.1) is 19.3 Å². The number of terminal acetylenes is 1. The average molecular weight is 446 g/mol. The maximum atomic E-state index is 12.8. The minimum absolute atomic E-state index is 0.0285. The van der Waals surface area contributed by atoms with Crippen molar-refractivity contribution in [1.82, 2.24) is 20.3 Å². The summed E-state index contributed by atoms with van der Waals surface area (Å²) in [6, 6.07) is 4.30. The molecule has 3 aromatic rings. The molecule has 1 atom stereocenters. The van der Waals surface area contributed by atoms with E-state index in [9.17, 15) is 18.0 Å². The highest BCUT2D eigenvalue weighted by Gasteiger charge is 2.34. The van der Waals surface area contributed by atoms with Crippen molar-refractivity contribution in [3.8, 4) is 28.7 Å². The summed E-state index contributed by atoms with van der Waals surface area (Å²) < 4.78 is 43.4. The molecule has 1 N–H and O–H groups in total. The molecule has 2 aromatic heterocycles. The van der Waals surface area contributed by atoms with Gasteiger partial charge < -0.3 is 10.1 Å². The molecular formula is C21H17F3N4O2S. The van der Waals surface area contributed by atoms with Crippen LogP contribution in [0.2, 0.25) is 0 Å². The predicted octanol–water partition coefficient (Wildman–Crippen LogP) is 4.43. The summed E-state index contributed by atoms with van der Waals surface area (Å²) in [5.74, 6) is 1.08. The lowest BCUT2D eigenvalue weighted by molar-refractivity contribution is -0.145. The van der Waals surface area contributed by atoms with Crippen LogP contribution < -0.4 is 10.1 Å². The minimum atomic E-state index is -4.63. The van der Waals surface area contributed by atoms with E-state index < -0.39 is 23.9 Å². The number of hydrogen-bond donors (Lipinski definition) is 1. The summed E-state index contributed by atoms with van der Waals surface area (Å²) in [5, 5.41) is 3.43. The maximum absolute atomic E-state index is 12.8. The molecule has 0 unspecified atom stereocenters. The zero-order valence-electron chi connectivity index (χ0n) is 16.5. The molecule has 0 saturated carbocycles. The largest absolute Gasteiger partial charge is 0.481 e. The zero-order chi connectivity index (χ0) is 22.6. The van der Waals surface area contributed by atoms with Crippen LogP contribution in [-0.2, 0) is 6.18 Å². The molecule has 0 spiro atoms. The van der Waals surface area contributed by atoms with Crippen LogP contribution in [0.15, 0.2) is 36.8 Å². The first kappa shape index (κ1) is 22.2. The molecular weight excluding hydrogens is 429 g/mol. The number of carbonyl (C=O) groups excluding carboxylic acids is 1. The van der Waals surface area contributed by atoms with Gasteiger partial charge in [-0.25, -0.2) is 15.0 Å². The third-order valence-corrected chi connectivity index (χ3v) is 5.09. The highest BCUT2D eigenvalue weighted by molar-refractivity contribution is 7.14. The molecule has 0 aliphatic carbocycles. The standard InChI is InChI=1S/C21H17F3N4O2S/c1-4-5-30-17-7-14(6-15(8-17)19-25-9-12(2)31-19)18(29)28-13(3)16-10-26-20(27-11-16)21(22,23)24/h1,6-11,13H,5H2,2-3H3,(H,28,29)/t13-/m1/s1. The van der Waals surface area contributed by atoms with Crippen molar-refractivity contribution < 1.29 is 22.7 Å². The molecule has 0 bridgehead atoms. The Morgan fingerprint density at radius 2 is 1.94 bits per heavy atom. The Kier molecular flexibility index (Phi) is 6.56. The smallest absolute Gasteiger partial charge is 0.451 e. The van der Waals surface area contributed by atoms with E-state index in [-0.39, 0.29) is 12.2 Å². The lowest BCUT2D eigenvalue weighted by Gasteiger charge is -2.15. The molecule has 10 heteroatoms. The van der Waals surface area contributed by atoms with Crippen LogP contribution in [-0.4, -0.2) is 27.5 Å². The summed E-state index contributed by atoms with van der Waals surface area (Å²) in [6.45, 7) is 3.57. The number of nitrogens with one attached hydrogen (secondary N) is 1. The fourth-order valence-electron chi connectivity index (χ4n) is 2.62. The molecule has 0 aliphatic rings. The summed E-state index contributed by atoms with van der Waals surface area (Å²) >= 11 is 1.46. The lowest BCUT2D eigenvalue weighted by atomic mass is 10.1. The fraction of sp³-hybridized carbons (Fsp3) is 0.238. The Hall–Kier alpha value is -3.45. The van der Waals surface area contributed by atoms with Crippen molar-refractivity contribution in [2.45, 2.75) is 26.1 Å². The van der Waals surface area contributed by atoms with E-state index in [2.05, 4.69) is 26.2 Å². The molecule has 0 aliphatic heterocycles. The quantitative estimate of drug-likeness (QED) is 0.567. The Labute approximate surface area is 180 Å². The van der Waals surface area contributed by atoms with Crippen molar-refractivity contribution in [2.75, 3.05) is 6.61 Å². The minimum Gasteiger partial charge on any atom is -0.481 e. The maximum Gasteiger partial charge on any atom is 0.451 e. The second-order valence-corrected chi connectivity index (χ2v) is 7.78. The number of alkyl halides is 3. The van der Waals surface area contributed by atoms with Gasteiger partial charge >= 0.3 is 6.18 Å². The van der Waals surface area contributed by atoms with Gasteiger partial charge in [0.05, 0.1) is 6.04 Å². The average Bonchev–Trinajstić information content (AvgIpc) is 3.17. The first-order chi connectivity index (χ1) is 14.7. The number of hydrogen-bond acceptors (Lipinski definition) is 6. The van der Waals surface area contributed by atoms with Crippen molar-refractivity contribution in [1.29, 1.82) is 0 Å². The van der Waals surface area contributed by atoms with Gasteiger partial charge in [-0.2, -0.15) is 13.2 Å².